The van der Waals surface area contributed by atoms with Crippen molar-refractivity contribution in [2.75, 3.05) is 19.7 Å². The van der Waals surface area contributed by atoms with E-state index in [0.29, 0.717) is 25.9 Å². The summed E-state index contributed by atoms with van der Waals surface area (Å²) in [4.78, 5) is 15.2. The van der Waals surface area contributed by atoms with E-state index >= 15 is 0 Å². The van der Waals surface area contributed by atoms with Gasteiger partial charge in [0.15, 0.2) is 0 Å². The highest BCUT2D eigenvalue weighted by atomic mass is 16.7. The minimum absolute atomic E-state index is 0.147. The first-order valence-corrected chi connectivity index (χ1v) is 3.39. The first-order valence-electron chi connectivity index (χ1n) is 3.39. The van der Waals surface area contributed by atoms with E-state index in [0.717, 1.165) is 0 Å². The SMILES string of the molecule is O=C1CCN(CCCO)O1. The van der Waals surface area contributed by atoms with Crippen molar-refractivity contribution in [2.24, 2.45) is 0 Å². The van der Waals surface area contributed by atoms with Crippen LogP contribution in [0.4, 0.5) is 0 Å². The van der Waals surface area contributed by atoms with Crippen molar-refractivity contribution < 1.29 is 14.7 Å². The Kier molecular flexibility index (Phi) is 2.65. The summed E-state index contributed by atoms with van der Waals surface area (Å²) in [6, 6.07) is 0. The fraction of sp³-hybridized carbons (Fsp3) is 0.833. The molecule has 1 rings (SSSR count). The van der Waals surface area contributed by atoms with E-state index in [1.165, 1.54) is 0 Å². The molecule has 4 nitrogen and oxygen atoms in total. The summed E-state index contributed by atoms with van der Waals surface area (Å²) >= 11 is 0. The van der Waals surface area contributed by atoms with Gasteiger partial charge in [0.05, 0.1) is 6.42 Å². The number of aliphatic hydroxyl groups excluding tert-OH is 1. The third kappa shape index (κ3) is 1.97. The molecule has 0 unspecified atom stereocenters. The van der Waals surface area contributed by atoms with Gasteiger partial charge >= 0.3 is 5.97 Å². The maximum absolute atomic E-state index is 10.5. The largest absolute Gasteiger partial charge is 0.396 e. The quantitative estimate of drug-likeness (QED) is 0.583. The number of carbonyl (C=O) groups is 1. The molecule has 4 heteroatoms. The fourth-order valence-corrected chi connectivity index (χ4v) is 0.856. The summed E-state index contributed by atoms with van der Waals surface area (Å²) in [6.07, 6.45) is 1.14. The third-order valence-corrected chi connectivity index (χ3v) is 1.36. The molecule has 58 valence electrons. The number of hydrogen-bond donors (Lipinski definition) is 1. The van der Waals surface area contributed by atoms with Gasteiger partial charge in [-0.1, -0.05) is 0 Å². The van der Waals surface area contributed by atoms with Gasteiger partial charge < -0.3 is 9.94 Å². The van der Waals surface area contributed by atoms with Gasteiger partial charge in [-0.3, -0.25) is 4.79 Å². The van der Waals surface area contributed by atoms with E-state index in [1.807, 2.05) is 0 Å². The van der Waals surface area contributed by atoms with Crippen molar-refractivity contribution in [2.45, 2.75) is 12.8 Å². The van der Waals surface area contributed by atoms with Gasteiger partial charge in [-0.15, -0.1) is 5.06 Å². The summed E-state index contributed by atoms with van der Waals surface area (Å²) in [7, 11) is 0. The average molecular weight is 145 g/mol. The lowest BCUT2D eigenvalue weighted by Gasteiger charge is -2.10. The highest BCUT2D eigenvalue weighted by Gasteiger charge is 2.19. The summed E-state index contributed by atoms with van der Waals surface area (Å²) in [5.41, 5.74) is 0. The maximum Gasteiger partial charge on any atom is 0.326 e. The zero-order valence-electron chi connectivity index (χ0n) is 5.75. The van der Waals surface area contributed by atoms with Crippen LogP contribution in [0, 0.1) is 0 Å². The Morgan fingerprint density at radius 1 is 1.70 bits per heavy atom. The Morgan fingerprint density at radius 2 is 2.50 bits per heavy atom. The molecule has 1 heterocycles. The second kappa shape index (κ2) is 3.53. The molecule has 1 saturated heterocycles. The van der Waals surface area contributed by atoms with E-state index in [9.17, 15) is 4.79 Å². The highest BCUT2D eigenvalue weighted by Crippen LogP contribution is 2.05. The molecular weight excluding hydrogens is 134 g/mol. The van der Waals surface area contributed by atoms with Crippen molar-refractivity contribution in [1.82, 2.24) is 5.06 Å². The number of hydrogen-bond acceptors (Lipinski definition) is 4. The van der Waals surface area contributed by atoms with Crippen molar-refractivity contribution >= 4 is 5.97 Å². The summed E-state index contributed by atoms with van der Waals surface area (Å²) in [5.74, 6) is -0.169. The van der Waals surface area contributed by atoms with Gasteiger partial charge in [-0.05, 0) is 6.42 Å². The van der Waals surface area contributed by atoms with Crippen LogP contribution in [0.15, 0.2) is 0 Å². The van der Waals surface area contributed by atoms with Crippen LogP contribution in [0.3, 0.4) is 0 Å². The molecule has 0 spiro atoms. The van der Waals surface area contributed by atoms with E-state index in [4.69, 9.17) is 9.94 Å². The molecule has 1 N–H and O–H groups in total. The summed E-state index contributed by atoms with van der Waals surface area (Å²) in [6.45, 7) is 1.45. The lowest BCUT2D eigenvalue weighted by molar-refractivity contribution is -0.170. The first kappa shape index (κ1) is 7.50. The number of carbonyl (C=O) groups excluding carboxylic acids is 1. The molecule has 0 aliphatic carbocycles. The Labute approximate surface area is 59.3 Å². The molecule has 0 aromatic rings. The van der Waals surface area contributed by atoms with Crippen LogP contribution in [-0.2, 0) is 9.63 Å². The predicted octanol–water partition coefficient (Wildman–Crippen LogP) is -0.467. The van der Waals surface area contributed by atoms with Crippen LogP contribution in [0.2, 0.25) is 0 Å². The van der Waals surface area contributed by atoms with Gasteiger partial charge in [-0.25, -0.2) is 0 Å². The zero-order chi connectivity index (χ0) is 7.40. The lowest BCUT2D eigenvalue weighted by Crippen LogP contribution is -2.20. The number of nitrogens with zero attached hydrogens (tertiary/aromatic N) is 1. The van der Waals surface area contributed by atoms with Crippen LogP contribution in [-0.4, -0.2) is 35.8 Å². The molecule has 1 aliphatic rings. The Hall–Kier alpha value is -0.610. The van der Waals surface area contributed by atoms with E-state index in [-0.39, 0.29) is 12.6 Å². The molecule has 0 radical (unpaired) electrons. The Bertz CT molecular complexity index is 126. The molecule has 1 aliphatic heterocycles. The molecule has 0 atom stereocenters. The Balaban J connectivity index is 2.12. The van der Waals surface area contributed by atoms with Gasteiger partial charge in [0.1, 0.15) is 0 Å². The average Bonchev–Trinajstić information content (AvgIpc) is 2.31. The van der Waals surface area contributed by atoms with Gasteiger partial charge in [0.25, 0.3) is 0 Å². The number of hydroxylamine groups is 2. The van der Waals surface area contributed by atoms with Gasteiger partial charge in [0.2, 0.25) is 0 Å². The van der Waals surface area contributed by atoms with Crippen molar-refractivity contribution in [1.29, 1.82) is 0 Å². The van der Waals surface area contributed by atoms with Crippen LogP contribution in [0.1, 0.15) is 12.8 Å². The smallest absolute Gasteiger partial charge is 0.326 e. The number of aliphatic hydroxyl groups is 1. The van der Waals surface area contributed by atoms with Gasteiger partial charge in [-0.2, -0.15) is 0 Å². The minimum Gasteiger partial charge on any atom is -0.396 e. The molecule has 0 aromatic carbocycles. The normalized spacial score (nSPS) is 19.5. The maximum atomic E-state index is 10.5. The molecule has 0 aromatic heterocycles. The zero-order valence-corrected chi connectivity index (χ0v) is 5.75. The molecular formula is C6H11NO3. The third-order valence-electron chi connectivity index (χ3n) is 1.36. The van der Waals surface area contributed by atoms with Crippen LogP contribution >= 0.6 is 0 Å². The van der Waals surface area contributed by atoms with Crippen molar-refractivity contribution in [3.05, 3.63) is 0 Å². The number of rotatable bonds is 3. The molecule has 0 saturated carbocycles. The monoisotopic (exact) mass is 145 g/mol. The predicted molar refractivity (Wildman–Crippen MR) is 34.0 cm³/mol. The minimum atomic E-state index is -0.169. The van der Waals surface area contributed by atoms with Crippen LogP contribution in [0.25, 0.3) is 0 Å². The van der Waals surface area contributed by atoms with E-state index < -0.39 is 0 Å². The van der Waals surface area contributed by atoms with Gasteiger partial charge in [0, 0.05) is 19.7 Å². The summed E-state index contributed by atoms with van der Waals surface area (Å²) < 4.78 is 0. The van der Waals surface area contributed by atoms with Crippen molar-refractivity contribution in [3.63, 3.8) is 0 Å². The second-order valence-electron chi connectivity index (χ2n) is 2.22. The summed E-state index contributed by atoms with van der Waals surface area (Å²) in [5, 5.41) is 10.0. The standard InChI is InChI=1S/C6H11NO3/c8-5-1-3-7-4-2-6(9)10-7/h8H,1-5H2. The molecule has 1 fully saturated rings. The molecule has 0 amide bonds. The molecule has 0 bridgehead atoms. The van der Waals surface area contributed by atoms with E-state index in [1.54, 1.807) is 5.06 Å². The lowest BCUT2D eigenvalue weighted by atomic mass is 10.4. The second-order valence-corrected chi connectivity index (χ2v) is 2.22. The Morgan fingerprint density at radius 3 is 3.00 bits per heavy atom. The highest BCUT2D eigenvalue weighted by molar-refractivity contribution is 5.70. The topological polar surface area (TPSA) is 49.8 Å². The van der Waals surface area contributed by atoms with Crippen LogP contribution < -0.4 is 0 Å². The first-order chi connectivity index (χ1) is 4.83. The van der Waals surface area contributed by atoms with Crippen molar-refractivity contribution in [3.8, 4) is 0 Å². The van der Waals surface area contributed by atoms with E-state index in [2.05, 4.69) is 0 Å². The fourth-order valence-electron chi connectivity index (χ4n) is 0.856. The molecule has 10 heavy (non-hydrogen) atoms. The van der Waals surface area contributed by atoms with Crippen LogP contribution in [0.5, 0.6) is 0 Å².